The van der Waals surface area contributed by atoms with E-state index in [4.69, 9.17) is 4.74 Å². The van der Waals surface area contributed by atoms with Crippen molar-refractivity contribution in [3.63, 3.8) is 0 Å². The van der Waals surface area contributed by atoms with Crippen LogP contribution in [0.4, 0.5) is 5.69 Å². The highest BCUT2D eigenvalue weighted by atomic mass is 32.2. The summed E-state index contributed by atoms with van der Waals surface area (Å²) >= 11 is 0. The summed E-state index contributed by atoms with van der Waals surface area (Å²) in [6.07, 6.45) is 1.28. The molecule has 2 aromatic rings. The van der Waals surface area contributed by atoms with Crippen molar-refractivity contribution in [1.29, 1.82) is 0 Å². The molecule has 1 amide bonds. The number of benzene rings is 1. The maximum Gasteiger partial charge on any atom is 0.246 e. The molecule has 28 heavy (non-hydrogen) atoms. The lowest BCUT2D eigenvalue weighted by Gasteiger charge is -2.31. The van der Waals surface area contributed by atoms with E-state index in [0.29, 0.717) is 42.2 Å². The molecule has 1 N–H and O–H groups in total. The van der Waals surface area contributed by atoms with Gasteiger partial charge in [0.1, 0.15) is 10.6 Å². The lowest BCUT2D eigenvalue weighted by atomic mass is 9.98. The van der Waals surface area contributed by atoms with Gasteiger partial charge in [0, 0.05) is 31.9 Å². The molecule has 0 unspecified atom stereocenters. The van der Waals surface area contributed by atoms with Crippen LogP contribution in [-0.2, 0) is 21.9 Å². The first-order valence-electron chi connectivity index (χ1n) is 9.19. The van der Waals surface area contributed by atoms with Crippen LogP contribution in [-0.4, -0.2) is 48.6 Å². The molecule has 9 heteroatoms. The number of carbonyl (C=O) groups is 1. The highest BCUT2D eigenvalue weighted by Gasteiger charge is 2.36. The molecule has 1 aliphatic rings. The van der Waals surface area contributed by atoms with Crippen molar-refractivity contribution in [2.24, 2.45) is 13.0 Å². The van der Waals surface area contributed by atoms with E-state index >= 15 is 0 Å². The molecule has 152 valence electrons. The number of hydrogen-bond acceptors (Lipinski definition) is 5. The second-order valence-corrected chi connectivity index (χ2v) is 8.92. The van der Waals surface area contributed by atoms with Crippen molar-refractivity contribution < 1.29 is 17.9 Å². The molecule has 0 spiro atoms. The van der Waals surface area contributed by atoms with Crippen molar-refractivity contribution in [2.45, 2.75) is 31.6 Å². The van der Waals surface area contributed by atoms with Crippen LogP contribution < -0.4 is 10.1 Å². The molecule has 1 aromatic heterocycles. The predicted molar refractivity (Wildman–Crippen MR) is 106 cm³/mol. The highest BCUT2D eigenvalue weighted by molar-refractivity contribution is 7.89. The number of nitrogens with zero attached hydrogens (tertiary/aromatic N) is 3. The third-order valence-corrected chi connectivity index (χ3v) is 7.25. The van der Waals surface area contributed by atoms with E-state index in [0.717, 1.165) is 0 Å². The zero-order valence-electron chi connectivity index (χ0n) is 16.6. The molecule has 0 aliphatic carbocycles. The molecular weight excluding hydrogens is 380 g/mol. The minimum absolute atomic E-state index is 0.159. The van der Waals surface area contributed by atoms with E-state index in [1.54, 1.807) is 57.0 Å². The standard InChI is InChI=1S/C19H26N4O4S/c1-13-18(14(2)22(3)21-13)28(25,26)23-10-6-7-15(12-23)19(24)20-16-8-5-9-17(11-16)27-4/h5,8-9,11,15H,6-7,10,12H2,1-4H3,(H,20,24)/t15-/m0/s1. The molecule has 8 nitrogen and oxygen atoms in total. The van der Waals surface area contributed by atoms with E-state index in [9.17, 15) is 13.2 Å². The normalized spacial score (nSPS) is 18.1. The third kappa shape index (κ3) is 3.90. The summed E-state index contributed by atoms with van der Waals surface area (Å²) in [7, 11) is -0.416. The largest absolute Gasteiger partial charge is 0.497 e. The molecule has 1 aliphatic heterocycles. The molecule has 1 fully saturated rings. The second kappa shape index (κ2) is 7.92. The number of methoxy groups -OCH3 is 1. The number of nitrogens with one attached hydrogen (secondary N) is 1. The van der Waals surface area contributed by atoms with E-state index in [2.05, 4.69) is 10.4 Å². The molecule has 0 saturated carbocycles. The zero-order chi connectivity index (χ0) is 20.5. The van der Waals surface area contributed by atoms with Gasteiger partial charge in [0.15, 0.2) is 0 Å². The number of anilines is 1. The summed E-state index contributed by atoms with van der Waals surface area (Å²) < 4.78 is 34.5. The Morgan fingerprint density at radius 1 is 1.32 bits per heavy atom. The topological polar surface area (TPSA) is 93.5 Å². The van der Waals surface area contributed by atoms with Crippen molar-refractivity contribution >= 4 is 21.6 Å². The Labute approximate surface area is 165 Å². The maximum atomic E-state index is 13.2. The van der Waals surface area contributed by atoms with Gasteiger partial charge in [-0.15, -0.1) is 0 Å². The van der Waals surface area contributed by atoms with Gasteiger partial charge < -0.3 is 10.1 Å². The highest BCUT2D eigenvalue weighted by Crippen LogP contribution is 2.28. The number of aryl methyl sites for hydroxylation is 2. The van der Waals surface area contributed by atoms with Crippen molar-refractivity contribution in [1.82, 2.24) is 14.1 Å². The van der Waals surface area contributed by atoms with Crippen LogP contribution in [0.3, 0.4) is 0 Å². The Bertz CT molecular complexity index is 984. The molecule has 1 saturated heterocycles. The first-order valence-corrected chi connectivity index (χ1v) is 10.6. The third-order valence-electron chi connectivity index (χ3n) is 5.13. The minimum Gasteiger partial charge on any atom is -0.497 e. The average Bonchev–Trinajstić information content (AvgIpc) is 2.94. The number of amides is 1. The van der Waals surface area contributed by atoms with Crippen molar-refractivity contribution in [3.05, 3.63) is 35.7 Å². The minimum atomic E-state index is -3.70. The van der Waals surface area contributed by atoms with Gasteiger partial charge in [-0.1, -0.05) is 6.07 Å². The summed E-state index contributed by atoms with van der Waals surface area (Å²) in [6.45, 7) is 3.99. The fourth-order valence-electron chi connectivity index (χ4n) is 3.58. The van der Waals surface area contributed by atoms with Gasteiger partial charge in [-0.25, -0.2) is 8.42 Å². The van der Waals surface area contributed by atoms with Crippen LogP contribution in [0.25, 0.3) is 0 Å². The number of aromatic nitrogens is 2. The summed E-state index contributed by atoms with van der Waals surface area (Å²) in [6, 6.07) is 7.10. The molecule has 0 bridgehead atoms. The molecule has 0 radical (unpaired) electrons. The molecular formula is C19H26N4O4S. The van der Waals surface area contributed by atoms with E-state index in [1.807, 2.05) is 0 Å². The van der Waals surface area contributed by atoms with Crippen LogP contribution in [0.2, 0.25) is 0 Å². The molecule has 3 rings (SSSR count). The number of sulfonamides is 1. The smallest absolute Gasteiger partial charge is 0.246 e. The monoisotopic (exact) mass is 406 g/mol. The average molecular weight is 407 g/mol. The molecule has 1 aromatic carbocycles. The van der Waals surface area contributed by atoms with E-state index < -0.39 is 15.9 Å². The SMILES string of the molecule is COc1cccc(NC(=O)[C@H]2CCCN(S(=O)(=O)c3c(C)nn(C)c3C)C2)c1. The Kier molecular flexibility index (Phi) is 5.76. The number of hydrogen-bond donors (Lipinski definition) is 1. The van der Waals surface area contributed by atoms with Crippen LogP contribution in [0.5, 0.6) is 5.75 Å². The fourth-order valence-corrected chi connectivity index (χ4v) is 5.50. The Morgan fingerprint density at radius 3 is 2.71 bits per heavy atom. The van der Waals surface area contributed by atoms with Gasteiger partial charge in [-0.2, -0.15) is 9.40 Å². The van der Waals surface area contributed by atoms with Crippen LogP contribution in [0.1, 0.15) is 24.2 Å². The quantitative estimate of drug-likeness (QED) is 0.821. The zero-order valence-corrected chi connectivity index (χ0v) is 17.4. The van der Waals surface area contributed by atoms with Gasteiger partial charge in [0.25, 0.3) is 0 Å². The van der Waals surface area contributed by atoms with Gasteiger partial charge in [0.2, 0.25) is 15.9 Å². The second-order valence-electron chi connectivity index (χ2n) is 7.05. The lowest BCUT2D eigenvalue weighted by molar-refractivity contribution is -0.120. The molecule has 1 atom stereocenters. The lowest BCUT2D eigenvalue weighted by Crippen LogP contribution is -2.44. The van der Waals surface area contributed by atoms with Gasteiger partial charge >= 0.3 is 0 Å². The number of rotatable bonds is 5. The number of piperidine rings is 1. The van der Waals surface area contributed by atoms with Crippen LogP contribution in [0.15, 0.2) is 29.2 Å². The summed E-state index contributed by atoms with van der Waals surface area (Å²) in [4.78, 5) is 13.0. The Balaban J connectivity index is 1.77. The van der Waals surface area contributed by atoms with Gasteiger partial charge in [-0.3, -0.25) is 9.48 Å². The van der Waals surface area contributed by atoms with Crippen LogP contribution >= 0.6 is 0 Å². The summed E-state index contributed by atoms with van der Waals surface area (Å²) in [5.74, 6) is 0.0490. The fraction of sp³-hybridized carbons (Fsp3) is 0.474. The van der Waals surface area contributed by atoms with Crippen molar-refractivity contribution in [2.75, 3.05) is 25.5 Å². The number of carbonyl (C=O) groups excluding carboxylic acids is 1. The van der Waals surface area contributed by atoms with Crippen molar-refractivity contribution in [3.8, 4) is 5.75 Å². The molecule has 2 heterocycles. The number of ether oxygens (including phenoxy) is 1. The first kappa shape index (κ1) is 20.3. The van der Waals surface area contributed by atoms with Gasteiger partial charge in [0.05, 0.1) is 24.4 Å². The Morgan fingerprint density at radius 2 is 2.07 bits per heavy atom. The summed E-state index contributed by atoms with van der Waals surface area (Å²) in [5.41, 5.74) is 1.70. The first-order chi connectivity index (χ1) is 13.2. The maximum absolute atomic E-state index is 13.2. The van der Waals surface area contributed by atoms with Crippen LogP contribution in [0, 0.1) is 19.8 Å². The predicted octanol–water partition coefficient (Wildman–Crippen LogP) is 2.08. The van der Waals surface area contributed by atoms with E-state index in [1.165, 1.54) is 4.31 Å². The van der Waals surface area contributed by atoms with Gasteiger partial charge in [-0.05, 0) is 38.8 Å². The van der Waals surface area contributed by atoms with E-state index in [-0.39, 0.29) is 17.3 Å². The Hall–Kier alpha value is -2.39. The summed E-state index contributed by atoms with van der Waals surface area (Å²) in [5, 5.41) is 7.09.